The molecule has 0 radical (unpaired) electrons. The number of aldehydes is 1. The zero-order chi connectivity index (χ0) is 15.8. The number of aromatic nitrogens is 2. The summed E-state index contributed by atoms with van der Waals surface area (Å²) in [6.45, 7) is 8.76. The lowest BCUT2D eigenvalue weighted by atomic mass is 9.98. The van der Waals surface area contributed by atoms with Gasteiger partial charge in [-0.3, -0.25) is 4.40 Å². The van der Waals surface area contributed by atoms with Gasteiger partial charge in [-0.05, 0) is 34.6 Å². The van der Waals surface area contributed by atoms with Gasteiger partial charge in [0.1, 0.15) is 11.1 Å². The van der Waals surface area contributed by atoms with Crippen LogP contribution in [-0.4, -0.2) is 27.4 Å². The quantitative estimate of drug-likeness (QED) is 0.885. The first-order valence-electron chi connectivity index (χ1n) is 6.56. The van der Waals surface area contributed by atoms with E-state index in [1.54, 1.807) is 27.7 Å². The highest BCUT2D eigenvalue weighted by molar-refractivity contribution is 7.15. The number of fused-ring (bicyclic) bond motifs is 1. The monoisotopic (exact) mass is 309 g/mol. The summed E-state index contributed by atoms with van der Waals surface area (Å²) >= 11 is 1.47. The molecule has 114 valence electrons. The maximum atomic E-state index is 12.0. The van der Waals surface area contributed by atoms with E-state index in [0.717, 1.165) is 4.96 Å². The van der Waals surface area contributed by atoms with Gasteiger partial charge >= 0.3 is 6.09 Å². The van der Waals surface area contributed by atoms with Crippen LogP contribution < -0.4 is 5.32 Å². The number of thiazole rings is 1. The number of alkyl carbamates (subject to hydrolysis) is 1. The minimum Gasteiger partial charge on any atom is -0.444 e. The molecule has 0 saturated heterocycles. The van der Waals surface area contributed by atoms with Crippen molar-refractivity contribution in [2.24, 2.45) is 0 Å². The summed E-state index contributed by atoms with van der Waals surface area (Å²) in [5, 5.41) is 4.52. The van der Waals surface area contributed by atoms with Gasteiger partial charge in [-0.25, -0.2) is 9.78 Å². The molecular weight excluding hydrogens is 290 g/mol. The predicted octanol–water partition coefficient (Wildman–Crippen LogP) is 2.64. The molecular formula is C14H19N3O3S. The molecule has 2 aromatic rings. The Labute approximate surface area is 127 Å². The molecule has 0 aliphatic heterocycles. The number of carbonyl (C=O) groups is 2. The molecule has 21 heavy (non-hydrogen) atoms. The first-order valence-corrected chi connectivity index (χ1v) is 7.44. The lowest BCUT2D eigenvalue weighted by molar-refractivity contribution is -0.113. The number of aryl methyl sites for hydroxylation is 1. The molecule has 0 saturated carbocycles. The fourth-order valence-corrected chi connectivity index (χ4v) is 2.94. The lowest BCUT2D eigenvalue weighted by Gasteiger charge is -2.27. The van der Waals surface area contributed by atoms with Gasteiger partial charge < -0.3 is 14.8 Å². The van der Waals surface area contributed by atoms with Crippen molar-refractivity contribution in [3.63, 3.8) is 0 Å². The molecule has 2 rings (SSSR count). The number of hydrogen-bond acceptors (Lipinski definition) is 5. The van der Waals surface area contributed by atoms with Crippen molar-refractivity contribution in [2.45, 2.75) is 45.8 Å². The van der Waals surface area contributed by atoms with E-state index in [4.69, 9.17) is 4.74 Å². The van der Waals surface area contributed by atoms with Gasteiger partial charge in [-0.15, -0.1) is 11.3 Å². The van der Waals surface area contributed by atoms with Crippen molar-refractivity contribution in [1.82, 2.24) is 14.7 Å². The van der Waals surface area contributed by atoms with Crippen LogP contribution in [0.4, 0.5) is 4.79 Å². The van der Waals surface area contributed by atoms with Crippen molar-refractivity contribution in [3.8, 4) is 0 Å². The second kappa shape index (κ2) is 5.14. The Balaban J connectivity index is 2.37. The topological polar surface area (TPSA) is 72.7 Å². The van der Waals surface area contributed by atoms with E-state index in [9.17, 15) is 9.59 Å². The summed E-state index contributed by atoms with van der Waals surface area (Å²) in [7, 11) is 0. The third kappa shape index (κ3) is 3.07. The van der Waals surface area contributed by atoms with Crippen molar-refractivity contribution >= 4 is 28.7 Å². The van der Waals surface area contributed by atoms with E-state index in [2.05, 4.69) is 10.3 Å². The van der Waals surface area contributed by atoms with Crippen molar-refractivity contribution in [3.05, 3.63) is 23.0 Å². The standard InChI is InChI=1S/C14H19N3O3S/c1-9-10(17-6-7-21-11(17)15-9)14(5,8-18)16-12(19)20-13(2,3)4/h6-8H,1-5H3,(H,16,19). The summed E-state index contributed by atoms with van der Waals surface area (Å²) in [6.07, 6.45) is 1.89. The van der Waals surface area contributed by atoms with Crippen LogP contribution in [0.25, 0.3) is 4.96 Å². The summed E-state index contributed by atoms with van der Waals surface area (Å²) in [5.41, 5.74) is -0.489. The molecule has 0 fully saturated rings. The number of nitrogens with one attached hydrogen (secondary N) is 1. The van der Waals surface area contributed by atoms with Gasteiger partial charge in [0.2, 0.25) is 0 Å². The predicted molar refractivity (Wildman–Crippen MR) is 80.6 cm³/mol. The molecule has 0 aromatic carbocycles. The summed E-state index contributed by atoms with van der Waals surface area (Å²) in [5.74, 6) is 0. The highest BCUT2D eigenvalue weighted by Crippen LogP contribution is 2.26. The van der Waals surface area contributed by atoms with Gasteiger partial charge in [0.05, 0.1) is 11.4 Å². The second-order valence-electron chi connectivity index (χ2n) is 6.05. The Hall–Kier alpha value is -1.89. The van der Waals surface area contributed by atoms with Crippen LogP contribution in [-0.2, 0) is 15.1 Å². The Kier molecular flexibility index (Phi) is 3.79. The van der Waals surface area contributed by atoms with Crippen molar-refractivity contribution in [1.29, 1.82) is 0 Å². The highest BCUT2D eigenvalue weighted by atomic mass is 32.1. The molecule has 1 N–H and O–H groups in total. The Bertz CT molecular complexity index is 683. The highest BCUT2D eigenvalue weighted by Gasteiger charge is 2.35. The fourth-order valence-electron chi connectivity index (χ4n) is 2.18. The van der Waals surface area contributed by atoms with Crippen molar-refractivity contribution < 1.29 is 14.3 Å². The molecule has 0 aliphatic carbocycles. The SMILES string of the molecule is Cc1nc2sccn2c1C(C)(C=O)NC(=O)OC(C)(C)C. The molecule has 1 unspecified atom stereocenters. The molecule has 0 bridgehead atoms. The van der Waals surface area contributed by atoms with Crippen LogP contribution in [0.2, 0.25) is 0 Å². The number of nitrogens with zero attached hydrogens (tertiary/aromatic N) is 2. The molecule has 2 heterocycles. The Morgan fingerprint density at radius 3 is 2.67 bits per heavy atom. The third-order valence-electron chi connectivity index (χ3n) is 2.92. The molecule has 0 aliphatic rings. The van der Waals surface area contributed by atoms with E-state index in [0.29, 0.717) is 17.7 Å². The number of ether oxygens (including phenoxy) is 1. The maximum Gasteiger partial charge on any atom is 0.408 e. The molecule has 2 aromatic heterocycles. The van der Waals surface area contributed by atoms with Gasteiger partial charge in [0, 0.05) is 11.6 Å². The zero-order valence-electron chi connectivity index (χ0n) is 12.8. The summed E-state index contributed by atoms with van der Waals surface area (Å²) < 4.78 is 7.04. The van der Waals surface area contributed by atoms with Gasteiger partial charge in [0.25, 0.3) is 0 Å². The number of amides is 1. The minimum absolute atomic E-state index is 0.627. The molecule has 1 atom stereocenters. The van der Waals surface area contributed by atoms with Crippen LogP contribution in [0.15, 0.2) is 11.6 Å². The van der Waals surface area contributed by atoms with Crippen LogP contribution in [0.3, 0.4) is 0 Å². The smallest absolute Gasteiger partial charge is 0.408 e. The van der Waals surface area contributed by atoms with E-state index in [-0.39, 0.29) is 0 Å². The second-order valence-corrected chi connectivity index (χ2v) is 6.92. The van der Waals surface area contributed by atoms with E-state index >= 15 is 0 Å². The van der Waals surface area contributed by atoms with E-state index < -0.39 is 17.2 Å². The van der Waals surface area contributed by atoms with Crippen LogP contribution in [0.5, 0.6) is 0 Å². The molecule has 7 heteroatoms. The van der Waals surface area contributed by atoms with Crippen LogP contribution in [0.1, 0.15) is 39.1 Å². The molecule has 6 nitrogen and oxygen atoms in total. The molecule has 1 amide bonds. The fraction of sp³-hybridized carbons (Fsp3) is 0.500. The number of imidazole rings is 1. The van der Waals surface area contributed by atoms with E-state index in [1.807, 2.05) is 22.9 Å². The zero-order valence-corrected chi connectivity index (χ0v) is 13.6. The number of rotatable bonds is 3. The maximum absolute atomic E-state index is 12.0. The number of hydrogen-bond donors (Lipinski definition) is 1. The first kappa shape index (κ1) is 15.5. The minimum atomic E-state index is -1.20. The summed E-state index contributed by atoms with van der Waals surface area (Å²) in [6, 6.07) is 0. The van der Waals surface area contributed by atoms with Gasteiger partial charge in [0.15, 0.2) is 11.2 Å². The van der Waals surface area contributed by atoms with Gasteiger partial charge in [-0.1, -0.05) is 0 Å². The molecule has 0 spiro atoms. The Morgan fingerprint density at radius 1 is 1.43 bits per heavy atom. The van der Waals surface area contributed by atoms with Crippen LogP contribution >= 0.6 is 11.3 Å². The van der Waals surface area contributed by atoms with Crippen molar-refractivity contribution in [2.75, 3.05) is 0 Å². The third-order valence-corrected chi connectivity index (χ3v) is 3.68. The largest absolute Gasteiger partial charge is 0.444 e. The Morgan fingerprint density at radius 2 is 2.10 bits per heavy atom. The summed E-state index contributed by atoms with van der Waals surface area (Å²) in [4.78, 5) is 28.8. The average molecular weight is 309 g/mol. The first-order chi connectivity index (χ1) is 9.66. The lowest BCUT2D eigenvalue weighted by Crippen LogP contribution is -2.48. The average Bonchev–Trinajstić information content (AvgIpc) is 2.85. The van der Waals surface area contributed by atoms with Crippen LogP contribution in [0, 0.1) is 6.92 Å². The normalized spacial score (nSPS) is 14.7. The number of carbonyl (C=O) groups excluding carboxylic acids is 2. The van der Waals surface area contributed by atoms with Gasteiger partial charge in [-0.2, -0.15) is 0 Å². The van der Waals surface area contributed by atoms with E-state index in [1.165, 1.54) is 11.3 Å².